The maximum absolute atomic E-state index is 11.9. The molecule has 2 amide bonds. The van der Waals surface area contributed by atoms with Gasteiger partial charge in [0.2, 0.25) is 0 Å². The molecule has 1 unspecified atom stereocenters. The molecule has 0 aliphatic rings. The Hall–Kier alpha value is -2.94. The average Bonchev–Trinajstić information content (AvgIpc) is 3.05. The van der Waals surface area contributed by atoms with E-state index in [1.807, 2.05) is 39.8 Å². The lowest BCUT2D eigenvalue weighted by Gasteiger charge is -2.17. The number of nitrogens with one attached hydrogen (secondary N) is 2. The van der Waals surface area contributed by atoms with Crippen LogP contribution in [0.25, 0.3) is 22.1 Å². The minimum Gasteiger partial charge on any atom is -0.382 e. The molecule has 3 aromatic rings. The zero-order valence-electron chi connectivity index (χ0n) is 18.1. The number of fused-ring (bicyclic) bond motifs is 3. The summed E-state index contributed by atoms with van der Waals surface area (Å²) in [5.41, 5.74) is 9.25. The SMILES string of the molecule is CCOCc1nc2c(N)nc3cccnc3c2n1CCCC(C)NC(=O)NC(C)C. The number of carbonyl (C=O) groups is 1. The number of nitrogen functional groups attached to an aromatic ring is 1. The van der Waals surface area contributed by atoms with Gasteiger partial charge < -0.3 is 25.7 Å². The van der Waals surface area contributed by atoms with Crippen molar-refractivity contribution in [3.8, 4) is 0 Å². The number of aromatic nitrogens is 4. The predicted octanol–water partition coefficient (Wildman–Crippen LogP) is 2.97. The van der Waals surface area contributed by atoms with Crippen LogP contribution in [0.5, 0.6) is 0 Å². The van der Waals surface area contributed by atoms with Gasteiger partial charge in [-0.2, -0.15) is 0 Å². The highest BCUT2D eigenvalue weighted by atomic mass is 16.5. The standard InChI is InChI=1S/C21H31N7O2/c1-5-30-12-16-27-18-19(17-15(26-20(18)22)9-6-10-23-17)28(16)11-7-8-14(4)25-21(29)24-13(2)3/h6,9-10,13-14H,5,7-8,11-12H2,1-4H3,(H2,22,26)(H2,24,25,29). The van der Waals surface area contributed by atoms with Gasteiger partial charge in [0.15, 0.2) is 5.82 Å². The van der Waals surface area contributed by atoms with E-state index in [2.05, 4.69) is 25.2 Å². The molecular weight excluding hydrogens is 382 g/mol. The summed E-state index contributed by atoms with van der Waals surface area (Å²) in [6.07, 6.45) is 3.42. The lowest BCUT2D eigenvalue weighted by Crippen LogP contribution is -2.43. The number of carbonyl (C=O) groups excluding carboxylic acids is 1. The molecule has 0 spiro atoms. The zero-order valence-corrected chi connectivity index (χ0v) is 18.1. The predicted molar refractivity (Wildman–Crippen MR) is 118 cm³/mol. The first-order valence-electron chi connectivity index (χ1n) is 10.4. The van der Waals surface area contributed by atoms with Gasteiger partial charge in [0, 0.05) is 31.4 Å². The number of aryl methyl sites for hydroxylation is 1. The van der Waals surface area contributed by atoms with Crippen molar-refractivity contribution in [3.63, 3.8) is 0 Å². The molecule has 0 aromatic carbocycles. The van der Waals surface area contributed by atoms with Crippen LogP contribution in [0.15, 0.2) is 18.3 Å². The minimum atomic E-state index is -0.142. The van der Waals surface area contributed by atoms with Gasteiger partial charge in [-0.25, -0.2) is 14.8 Å². The minimum absolute atomic E-state index is 0.0514. The third-order valence-corrected chi connectivity index (χ3v) is 4.79. The maximum Gasteiger partial charge on any atom is 0.315 e. The first kappa shape index (κ1) is 21.8. The van der Waals surface area contributed by atoms with Gasteiger partial charge in [0.1, 0.15) is 29.0 Å². The Labute approximate surface area is 176 Å². The lowest BCUT2D eigenvalue weighted by molar-refractivity contribution is 0.126. The zero-order chi connectivity index (χ0) is 21.7. The molecule has 3 heterocycles. The summed E-state index contributed by atoms with van der Waals surface area (Å²) >= 11 is 0. The maximum atomic E-state index is 11.9. The number of hydrogen-bond acceptors (Lipinski definition) is 6. The molecule has 0 bridgehead atoms. The highest BCUT2D eigenvalue weighted by Gasteiger charge is 2.18. The van der Waals surface area contributed by atoms with Crippen LogP contribution in [-0.4, -0.2) is 44.2 Å². The molecule has 0 saturated heterocycles. The van der Waals surface area contributed by atoms with Crippen LogP contribution >= 0.6 is 0 Å². The number of amides is 2. The van der Waals surface area contributed by atoms with Crippen LogP contribution in [0.3, 0.4) is 0 Å². The molecule has 3 rings (SSSR count). The van der Waals surface area contributed by atoms with Crippen molar-refractivity contribution in [2.75, 3.05) is 12.3 Å². The van der Waals surface area contributed by atoms with E-state index in [9.17, 15) is 4.79 Å². The van der Waals surface area contributed by atoms with Crippen molar-refractivity contribution in [2.45, 2.75) is 65.8 Å². The van der Waals surface area contributed by atoms with E-state index < -0.39 is 0 Å². The van der Waals surface area contributed by atoms with Gasteiger partial charge in [-0.05, 0) is 52.7 Å². The van der Waals surface area contributed by atoms with E-state index in [1.165, 1.54) is 0 Å². The van der Waals surface area contributed by atoms with Gasteiger partial charge in [0.05, 0.1) is 5.52 Å². The summed E-state index contributed by atoms with van der Waals surface area (Å²) in [6, 6.07) is 3.76. The highest BCUT2D eigenvalue weighted by Crippen LogP contribution is 2.28. The summed E-state index contributed by atoms with van der Waals surface area (Å²) < 4.78 is 7.75. The van der Waals surface area contributed by atoms with E-state index in [1.54, 1.807) is 6.20 Å². The number of pyridine rings is 2. The molecule has 0 radical (unpaired) electrons. The molecule has 30 heavy (non-hydrogen) atoms. The Bertz CT molecular complexity index is 1020. The summed E-state index contributed by atoms with van der Waals surface area (Å²) in [4.78, 5) is 25.6. The van der Waals surface area contributed by atoms with E-state index in [0.29, 0.717) is 31.1 Å². The number of ether oxygens (including phenoxy) is 1. The van der Waals surface area contributed by atoms with Crippen molar-refractivity contribution in [1.82, 2.24) is 30.2 Å². The summed E-state index contributed by atoms with van der Waals surface area (Å²) in [7, 11) is 0. The number of urea groups is 1. The van der Waals surface area contributed by atoms with Crippen LogP contribution < -0.4 is 16.4 Å². The molecule has 9 nitrogen and oxygen atoms in total. The molecule has 162 valence electrons. The molecule has 3 aromatic heterocycles. The molecule has 0 saturated carbocycles. The van der Waals surface area contributed by atoms with Crippen LogP contribution in [-0.2, 0) is 17.9 Å². The van der Waals surface area contributed by atoms with Crippen LogP contribution in [0.2, 0.25) is 0 Å². The second kappa shape index (κ2) is 9.71. The van der Waals surface area contributed by atoms with Crippen LogP contribution in [0, 0.1) is 0 Å². The fourth-order valence-electron chi connectivity index (χ4n) is 3.47. The fraction of sp³-hybridized carbons (Fsp3) is 0.524. The van der Waals surface area contributed by atoms with Crippen molar-refractivity contribution < 1.29 is 9.53 Å². The topological polar surface area (TPSA) is 120 Å². The van der Waals surface area contributed by atoms with Gasteiger partial charge in [0.25, 0.3) is 0 Å². The van der Waals surface area contributed by atoms with Gasteiger partial charge in [-0.3, -0.25) is 4.98 Å². The molecular formula is C21H31N7O2. The van der Waals surface area contributed by atoms with E-state index in [4.69, 9.17) is 15.5 Å². The molecule has 0 aliphatic heterocycles. The largest absolute Gasteiger partial charge is 0.382 e. The van der Waals surface area contributed by atoms with Gasteiger partial charge in [-0.15, -0.1) is 0 Å². The summed E-state index contributed by atoms with van der Waals surface area (Å²) in [5.74, 6) is 1.19. The summed E-state index contributed by atoms with van der Waals surface area (Å²) in [5, 5.41) is 5.82. The van der Waals surface area contributed by atoms with Crippen LogP contribution in [0.4, 0.5) is 10.6 Å². The average molecular weight is 414 g/mol. The first-order valence-corrected chi connectivity index (χ1v) is 10.4. The number of nitrogens with two attached hydrogens (primary N) is 1. The Morgan fingerprint density at radius 3 is 2.77 bits per heavy atom. The number of anilines is 1. The molecule has 4 N–H and O–H groups in total. The summed E-state index contributed by atoms with van der Waals surface area (Å²) in [6.45, 7) is 9.54. The van der Waals surface area contributed by atoms with Crippen molar-refractivity contribution in [1.29, 1.82) is 0 Å². The number of hydrogen-bond donors (Lipinski definition) is 3. The third-order valence-electron chi connectivity index (χ3n) is 4.79. The Morgan fingerprint density at radius 2 is 2.03 bits per heavy atom. The Kier molecular flexibility index (Phi) is 7.04. The van der Waals surface area contributed by atoms with Crippen molar-refractivity contribution in [2.24, 2.45) is 0 Å². The third kappa shape index (κ3) is 4.96. The monoisotopic (exact) mass is 413 g/mol. The fourth-order valence-corrected chi connectivity index (χ4v) is 3.47. The van der Waals surface area contributed by atoms with Gasteiger partial charge in [-0.1, -0.05) is 0 Å². The van der Waals surface area contributed by atoms with Crippen molar-refractivity contribution in [3.05, 3.63) is 24.2 Å². The van der Waals surface area contributed by atoms with E-state index in [0.717, 1.165) is 35.2 Å². The van der Waals surface area contributed by atoms with Gasteiger partial charge >= 0.3 is 6.03 Å². The number of nitrogens with zero attached hydrogens (tertiary/aromatic N) is 4. The van der Waals surface area contributed by atoms with E-state index >= 15 is 0 Å². The second-order valence-electron chi connectivity index (χ2n) is 7.70. The van der Waals surface area contributed by atoms with Crippen molar-refractivity contribution >= 4 is 33.9 Å². The molecule has 1 atom stereocenters. The van der Waals surface area contributed by atoms with Crippen LogP contribution in [0.1, 0.15) is 46.4 Å². The normalized spacial score (nSPS) is 12.6. The quantitative estimate of drug-likeness (QED) is 0.496. The molecule has 9 heteroatoms. The highest BCUT2D eigenvalue weighted by molar-refractivity contribution is 6.04. The molecule has 0 aliphatic carbocycles. The smallest absolute Gasteiger partial charge is 0.315 e. The molecule has 0 fully saturated rings. The second-order valence-corrected chi connectivity index (χ2v) is 7.70. The Balaban J connectivity index is 1.83. The Morgan fingerprint density at radius 1 is 1.23 bits per heavy atom. The number of rotatable bonds is 9. The number of imidazole rings is 1. The lowest BCUT2D eigenvalue weighted by atomic mass is 10.2. The van der Waals surface area contributed by atoms with E-state index in [-0.39, 0.29) is 18.1 Å². The first-order chi connectivity index (χ1) is 14.4.